The molecule has 1 amide bonds. The molecule has 3 aromatic carbocycles. The predicted octanol–water partition coefficient (Wildman–Crippen LogP) is 4.49. The van der Waals surface area contributed by atoms with Gasteiger partial charge in [0.05, 0.1) is 35.6 Å². The summed E-state index contributed by atoms with van der Waals surface area (Å²) in [5.74, 6) is 0.336. The summed E-state index contributed by atoms with van der Waals surface area (Å²) in [6, 6.07) is 18.9. The Kier molecular flexibility index (Phi) is 6.55. The van der Waals surface area contributed by atoms with Gasteiger partial charge in [-0.15, -0.1) is 0 Å². The van der Waals surface area contributed by atoms with Crippen LogP contribution < -0.4 is 19.1 Å². The molecule has 8 heteroatoms. The minimum absolute atomic E-state index is 0.0284. The van der Waals surface area contributed by atoms with Crippen LogP contribution in [0.4, 0.5) is 11.4 Å². The van der Waals surface area contributed by atoms with Gasteiger partial charge in [-0.2, -0.15) is 0 Å². The molecule has 0 unspecified atom stereocenters. The minimum Gasteiger partial charge on any atom is -0.496 e. The summed E-state index contributed by atoms with van der Waals surface area (Å²) in [5, 5.41) is 2.82. The van der Waals surface area contributed by atoms with Crippen molar-refractivity contribution in [2.75, 3.05) is 29.9 Å². The third kappa shape index (κ3) is 4.52. The summed E-state index contributed by atoms with van der Waals surface area (Å²) in [7, 11) is -2.41. The number of fused-ring (bicyclic) bond motifs is 1. The quantitative estimate of drug-likeness (QED) is 0.529. The fraction of sp³-hybridized carbons (Fsp3) is 0.240. The van der Waals surface area contributed by atoms with Crippen molar-refractivity contribution in [3.05, 3.63) is 77.9 Å². The first-order chi connectivity index (χ1) is 16.0. The number of rotatable bonds is 8. The average molecular weight is 467 g/mol. The van der Waals surface area contributed by atoms with Crippen LogP contribution in [0.1, 0.15) is 29.3 Å². The van der Waals surface area contributed by atoms with Gasteiger partial charge < -0.3 is 14.8 Å². The number of amides is 1. The topological polar surface area (TPSA) is 84.9 Å². The maximum atomic E-state index is 13.4. The second kappa shape index (κ2) is 9.54. The SMILES string of the molecule is CCCOc1ccccc1NC(=O)c1cc(S(=O)(=O)N2CCc3ccccc32)ccc1OC. The van der Waals surface area contributed by atoms with Gasteiger partial charge in [0.1, 0.15) is 11.5 Å². The molecule has 0 aliphatic carbocycles. The van der Waals surface area contributed by atoms with Crippen molar-refractivity contribution in [3.63, 3.8) is 0 Å². The molecule has 0 bridgehead atoms. The Morgan fingerprint density at radius 3 is 2.58 bits per heavy atom. The van der Waals surface area contributed by atoms with E-state index in [0.717, 1.165) is 12.0 Å². The third-order valence-corrected chi connectivity index (χ3v) is 7.25. The standard InChI is InChI=1S/C25H26N2O5S/c1-3-16-32-24-11-7-5-9-21(24)26-25(28)20-17-19(12-13-23(20)31-2)33(29,30)27-15-14-18-8-4-6-10-22(18)27/h4-13,17H,3,14-16H2,1-2H3,(H,26,28). The van der Waals surface area contributed by atoms with Gasteiger partial charge in [0, 0.05) is 6.54 Å². The van der Waals surface area contributed by atoms with E-state index in [2.05, 4.69) is 5.32 Å². The molecule has 1 aliphatic rings. The van der Waals surface area contributed by atoms with E-state index < -0.39 is 15.9 Å². The average Bonchev–Trinajstić information content (AvgIpc) is 3.28. The molecule has 0 saturated carbocycles. The number of nitrogens with zero attached hydrogens (tertiary/aromatic N) is 1. The molecule has 0 aromatic heterocycles. The molecule has 1 aliphatic heterocycles. The molecule has 3 aromatic rings. The highest BCUT2D eigenvalue weighted by Gasteiger charge is 2.31. The number of nitrogens with one attached hydrogen (secondary N) is 1. The third-order valence-electron chi connectivity index (χ3n) is 5.45. The fourth-order valence-electron chi connectivity index (χ4n) is 3.81. The lowest BCUT2D eigenvalue weighted by atomic mass is 10.1. The smallest absolute Gasteiger partial charge is 0.264 e. The fourth-order valence-corrected chi connectivity index (χ4v) is 5.34. The van der Waals surface area contributed by atoms with Gasteiger partial charge in [-0.1, -0.05) is 37.3 Å². The molecule has 0 atom stereocenters. The van der Waals surface area contributed by atoms with Crippen LogP contribution in [-0.4, -0.2) is 34.6 Å². The lowest BCUT2D eigenvalue weighted by Gasteiger charge is -2.20. The number of carbonyl (C=O) groups excluding carboxylic acids is 1. The molecule has 1 heterocycles. The van der Waals surface area contributed by atoms with E-state index in [1.807, 2.05) is 31.2 Å². The molecule has 0 radical (unpaired) electrons. The van der Waals surface area contributed by atoms with Crippen molar-refractivity contribution in [2.24, 2.45) is 0 Å². The molecule has 0 fully saturated rings. The van der Waals surface area contributed by atoms with Crippen molar-refractivity contribution in [2.45, 2.75) is 24.7 Å². The molecule has 33 heavy (non-hydrogen) atoms. The summed E-state index contributed by atoms with van der Waals surface area (Å²) in [6.45, 7) is 2.87. The first kappa shape index (κ1) is 22.7. The molecular weight excluding hydrogens is 440 g/mol. The molecular formula is C25H26N2O5S. The zero-order chi connectivity index (χ0) is 23.4. The van der Waals surface area contributed by atoms with Crippen molar-refractivity contribution in [1.29, 1.82) is 0 Å². The summed E-state index contributed by atoms with van der Waals surface area (Å²) in [4.78, 5) is 13.2. The lowest BCUT2D eigenvalue weighted by molar-refractivity contribution is 0.102. The van der Waals surface area contributed by atoms with E-state index in [1.165, 1.54) is 29.6 Å². The number of methoxy groups -OCH3 is 1. The van der Waals surface area contributed by atoms with Crippen LogP contribution in [-0.2, 0) is 16.4 Å². The predicted molar refractivity (Wildman–Crippen MR) is 128 cm³/mol. The second-order valence-electron chi connectivity index (χ2n) is 7.62. The largest absolute Gasteiger partial charge is 0.496 e. The monoisotopic (exact) mass is 466 g/mol. The van der Waals surface area contributed by atoms with Crippen molar-refractivity contribution in [1.82, 2.24) is 0 Å². The number of ether oxygens (including phenoxy) is 2. The van der Waals surface area contributed by atoms with Gasteiger partial charge in [-0.25, -0.2) is 8.42 Å². The van der Waals surface area contributed by atoms with Gasteiger partial charge in [-0.3, -0.25) is 9.10 Å². The van der Waals surface area contributed by atoms with Crippen LogP contribution in [0.3, 0.4) is 0 Å². The Bertz CT molecular complexity index is 1270. The number of benzene rings is 3. The summed E-state index contributed by atoms with van der Waals surface area (Å²) < 4.78 is 39.3. The van der Waals surface area contributed by atoms with Gasteiger partial charge in [0.2, 0.25) is 0 Å². The van der Waals surface area contributed by atoms with E-state index in [0.29, 0.717) is 36.7 Å². The van der Waals surface area contributed by atoms with E-state index in [9.17, 15) is 13.2 Å². The first-order valence-electron chi connectivity index (χ1n) is 10.8. The molecule has 4 rings (SSSR count). The van der Waals surface area contributed by atoms with Gasteiger partial charge in [0.15, 0.2) is 0 Å². The van der Waals surface area contributed by atoms with Crippen LogP contribution in [0.25, 0.3) is 0 Å². The van der Waals surface area contributed by atoms with Crippen LogP contribution in [0.5, 0.6) is 11.5 Å². The number of carbonyl (C=O) groups is 1. The number of hydrogen-bond acceptors (Lipinski definition) is 5. The molecule has 1 N–H and O–H groups in total. The number of sulfonamides is 1. The van der Waals surface area contributed by atoms with Gasteiger partial charge >= 0.3 is 0 Å². The molecule has 172 valence electrons. The molecule has 0 saturated heterocycles. The van der Waals surface area contributed by atoms with Crippen LogP contribution in [0.15, 0.2) is 71.6 Å². The summed E-state index contributed by atoms with van der Waals surface area (Å²) >= 11 is 0. The van der Waals surface area contributed by atoms with Crippen LogP contribution in [0.2, 0.25) is 0 Å². The zero-order valence-electron chi connectivity index (χ0n) is 18.6. The molecule has 0 spiro atoms. The normalized spacial score (nSPS) is 12.8. The van der Waals surface area contributed by atoms with Crippen molar-refractivity contribution in [3.8, 4) is 11.5 Å². The second-order valence-corrected chi connectivity index (χ2v) is 9.48. The number of anilines is 2. The first-order valence-corrected chi connectivity index (χ1v) is 12.2. The van der Waals surface area contributed by atoms with Gasteiger partial charge in [0.25, 0.3) is 15.9 Å². The number of hydrogen-bond donors (Lipinski definition) is 1. The maximum absolute atomic E-state index is 13.4. The van der Waals surface area contributed by atoms with E-state index >= 15 is 0 Å². The Hall–Kier alpha value is -3.52. The van der Waals surface area contributed by atoms with E-state index in [1.54, 1.807) is 24.3 Å². The Labute approximate surface area is 194 Å². The van der Waals surface area contributed by atoms with E-state index in [4.69, 9.17) is 9.47 Å². The highest BCUT2D eigenvalue weighted by Crippen LogP contribution is 2.34. The minimum atomic E-state index is -3.85. The zero-order valence-corrected chi connectivity index (χ0v) is 19.4. The summed E-state index contributed by atoms with van der Waals surface area (Å²) in [6.07, 6.45) is 1.48. The van der Waals surface area contributed by atoms with Crippen molar-refractivity contribution < 1.29 is 22.7 Å². The molecule has 7 nitrogen and oxygen atoms in total. The van der Waals surface area contributed by atoms with Gasteiger partial charge in [-0.05, 0) is 54.8 Å². The lowest BCUT2D eigenvalue weighted by Crippen LogP contribution is -2.29. The maximum Gasteiger partial charge on any atom is 0.264 e. The summed E-state index contributed by atoms with van der Waals surface area (Å²) in [5.41, 5.74) is 2.27. The number of para-hydroxylation sites is 3. The highest BCUT2D eigenvalue weighted by molar-refractivity contribution is 7.92. The van der Waals surface area contributed by atoms with E-state index in [-0.39, 0.29) is 16.2 Å². The Morgan fingerprint density at radius 1 is 1.03 bits per heavy atom. The Morgan fingerprint density at radius 2 is 1.79 bits per heavy atom. The highest BCUT2D eigenvalue weighted by atomic mass is 32.2. The van der Waals surface area contributed by atoms with Crippen LogP contribution >= 0.6 is 0 Å². The van der Waals surface area contributed by atoms with Crippen LogP contribution in [0, 0.1) is 0 Å². The Balaban J connectivity index is 1.66. The van der Waals surface area contributed by atoms with Crippen molar-refractivity contribution >= 4 is 27.3 Å².